The van der Waals surface area contributed by atoms with E-state index in [1.54, 1.807) is 0 Å². The Morgan fingerprint density at radius 1 is 1.11 bits per heavy atom. The molecule has 2 rings (SSSR count). The average Bonchev–Trinajstić information content (AvgIpc) is 2.60. The van der Waals surface area contributed by atoms with Gasteiger partial charge in [-0.3, -0.25) is 9.52 Å². The van der Waals surface area contributed by atoms with Crippen molar-refractivity contribution >= 4 is 27.6 Å². The van der Waals surface area contributed by atoms with Gasteiger partial charge in [-0.2, -0.15) is 0 Å². The van der Waals surface area contributed by atoms with E-state index in [0.29, 0.717) is 0 Å². The minimum Gasteiger partial charge on any atom is -0.449 e. The van der Waals surface area contributed by atoms with Gasteiger partial charge in [0.25, 0.3) is 15.9 Å². The van der Waals surface area contributed by atoms with Gasteiger partial charge in [-0.15, -0.1) is 0 Å². The monoisotopic (exact) mass is 394 g/mol. The SMILES string of the molecule is CNC(=O)[C@H](C)OC(=O)c1ccc(NS(=O)(=O)c2ccc(F)cc2C)cc1. The molecular formula is C18H19FN2O5S. The van der Waals surface area contributed by atoms with Crippen molar-refractivity contribution < 1.29 is 27.1 Å². The van der Waals surface area contributed by atoms with Crippen LogP contribution < -0.4 is 10.0 Å². The molecule has 0 aliphatic rings. The molecule has 0 aromatic heterocycles. The predicted molar refractivity (Wildman–Crippen MR) is 97.3 cm³/mol. The van der Waals surface area contributed by atoms with Crippen LogP contribution in [0.2, 0.25) is 0 Å². The van der Waals surface area contributed by atoms with Crippen LogP contribution in [0, 0.1) is 12.7 Å². The van der Waals surface area contributed by atoms with E-state index in [0.717, 1.165) is 12.1 Å². The van der Waals surface area contributed by atoms with Gasteiger partial charge in [0.2, 0.25) is 0 Å². The lowest BCUT2D eigenvalue weighted by Crippen LogP contribution is -2.33. The lowest BCUT2D eigenvalue weighted by Gasteiger charge is -2.13. The van der Waals surface area contributed by atoms with Gasteiger partial charge < -0.3 is 10.1 Å². The first-order valence-electron chi connectivity index (χ1n) is 7.95. The third kappa shape index (κ3) is 5.04. The van der Waals surface area contributed by atoms with Crippen LogP contribution >= 0.6 is 0 Å². The molecule has 7 nitrogen and oxygen atoms in total. The Bertz CT molecular complexity index is 958. The first kappa shape index (κ1) is 20.4. The van der Waals surface area contributed by atoms with Crippen LogP contribution in [-0.2, 0) is 19.6 Å². The van der Waals surface area contributed by atoms with Gasteiger partial charge in [0.05, 0.1) is 10.5 Å². The van der Waals surface area contributed by atoms with Gasteiger partial charge in [0.15, 0.2) is 6.10 Å². The molecule has 1 atom stereocenters. The highest BCUT2D eigenvalue weighted by Gasteiger charge is 2.19. The van der Waals surface area contributed by atoms with E-state index in [1.165, 1.54) is 51.2 Å². The molecule has 0 bridgehead atoms. The number of sulfonamides is 1. The molecule has 2 aromatic carbocycles. The second-order valence-electron chi connectivity index (χ2n) is 5.75. The predicted octanol–water partition coefficient (Wildman–Crippen LogP) is 2.23. The van der Waals surface area contributed by atoms with Crippen molar-refractivity contribution in [1.82, 2.24) is 5.32 Å². The summed E-state index contributed by atoms with van der Waals surface area (Å²) in [6.07, 6.45) is -0.956. The molecule has 2 N–H and O–H groups in total. The number of amides is 1. The molecule has 0 unspecified atom stereocenters. The fourth-order valence-corrected chi connectivity index (χ4v) is 3.57. The standard InChI is InChI=1S/C18H19FN2O5S/c1-11-10-14(19)6-9-16(11)27(24,25)21-15-7-4-13(5-8-15)18(23)26-12(2)17(22)20-3/h4-10,12,21H,1-3H3,(H,20,22)/t12-/m0/s1. The highest BCUT2D eigenvalue weighted by Crippen LogP contribution is 2.20. The summed E-state index contributed by atoms with van der Waals surface area (Å²) in [5, 5.41) is 2.36. The number of hydrogen-bond donors (Lipinski definition) is 2. The Labute approximate surface area is 156 Å². The highest BCUT2D eigenvalue weighted by molar-refractivity contribution is 7.92. The summed E-state index contributed by atoms with van der Waals surface area (Å²) in [7, 11) is -2.49. The molecule has 9 heteroatoms. The minimum absolute atomic E-state index is 0.0493. The number of carbonyl (C=O) groups is 2. The quantitative estimate of drug-likeness (QED) is 0.732. The van der Waals surface area contributed by atoms with E-state index in [4.69, 9.17) is 4.74 Å². The highest BCUT2D eigenvalue weighted by atomic mass is 32.2. The van der Waals surface area contributed by atoms with Crippen molar-refractivity contribution in [2.24, 2.45) is 0 Å². The Hall–Kier alpha value is -2.94. The fourth-order valence-electron chi connectivity index (χ4n) is 2.28. The number of benzene rings is 2. The van der Waals surface area contributed by atoms with Gasteiger partial charge in [-0.25, -0.2) is 17.6 Å². The Kier molecular flexibility index (Phi) is 6.17. The number of carbonyl (C=O) groups excluding carboxylic acids is 2. The van der Waals surface area contributed by atoms with E-state index in [2.05, 4.69) is 10.0 Å². The van der Waals surface area contributed by atoms with Gasteiger partial charge in [0, 0.05) is 12.7 Å². The number of hydrogen-bond acceptors (Lipinski definition) is 5. The molecule has 1 amide bonds. The zero-order chi connectivity index (χ0) is 20.2. The molecule has 0 heterocycles. The topological polar surface area (TPSA) is 102 Å². The third-order valence-corrected chi connectivity index (χ3v) is 5.24. The number of halogens is 1. The summed E-state index contributed by atoms with van der Waals surface area (Å²) >= 11 is 0. The van der Waals surface area contributed by atoms with Crippen molar-refractivity contribution in [1.29, 1.82) is 0 Å². The molecule has 0 spiro atoms. The number of ether oxygens (including phenoxy) is 1. The first-order chi connectivity index (χ1) is 12.6. The number of rotatable bonds is 6. The van der Waals surface area contributed by atoms with Crippen molar-refractivity contribution in [2.75, 3.05) is 11.8 Å². The molecule has 27 heavy (non-hydrogen) atoms. The van der Waals surface area contributed by atoms with E-state index < -0.39 is 33.8 Å². The summed E-state index contributed by atoms with van der Waals surface area (Å²) < 4.78 is 45.4. The fraction of sp³-hybridized carbons (Fsp3) is 0.222. The van der Waals surface area contributed by atoms with Crippen LogP contribution in [0.25, 0.3) is 0 Å². The smallest absolute Gasteiger partial charge is 0.338 e. The van der Waals surface area contributed by atoms with Crippen LogP contribution in [0.15, 0.2) is 47.4 Å². The van der Waals surface area contributed by atoms with Gasteiger partial charge in [0.1, 0.15) is 5.82 Å². The Morgan fingerprint density at radius 2 is 1.74 bits per heavy atom. The lowest BCUT2D eigenvalue weighted by molar-refractivity contribution is -0.128. The molecule has 0 radical (unpaired) electrons. The molecule has 0 aliphatic carbocycles. The maximum Gasteiger partial charge on any atom is 0.338 e. The second kappa shape index (κ2) is 8.17. The van der Waals surface area contributed by atoms with Crippen LogP contribution in [-0.4, -0.2) is 33.4 Å². The van der Waals surface area contributed by atoms with Crippen molar-refractivity contribution in [3.63, 3.8) is 0 Å². The summed E-state index contributed by atoms with van der Waals surface area (Å²) in [5.41, 5.74) is 0.646. The van der Waals surface area contributed by atoms with Crippen molar-refractivity contribution in [3.8, 4) is 0 Å². The lowest BCUT2D eigenvalue weighted by atomic mass is 10.2. The molecule has 0 saturated carbocycles. The summed E-state index contributed by atoms with van der Waals surface area (Å²) in [6, 6.07) is 8.88. The third-order valence-electron chi connectivity index (χ3n) is 3.70. The number of likely N-dealkylation sites (N-methyl/N-ethyl adjacent to an activating group) is 1. The molecule has 0 fully saturated rings. The second-order valence-corrected chi connectivity index (χ2v) is 7.41. The van der Waals surface area contributed by atoms with E-state index in [-0.39, 0.29) is 21.7 Å². The van der Waals surface area contributed by atoms with E-state index in [9.17, 15) is 22.4 Å². The van der Waals surface area contributed by atoms with Crippen LogP contribution in [0.3, 0.4) is 0 Å². The number of esters is 1. The average molecular weight is 394 g/mol. The molecule has 0 saturated heterocycles. The van der Waals surface area contributed by atoms with Crippen molar-refractivity contribution in [3.05, 3.63) is 59.4 Å². The van der Waals surface area contributed by atoms with Crippen molar-refractivity contribution in [2.45, 2.75) is 24.8 Å². The maximum atomic E-state index is 13.2. The van der Waals surface area contributed by atoms with E-state index >= 15 is 0 Å². The Balaban J connectivity index is 2.13. The summed E-state index contributed by atoms with van der Waals surface area (Å²) in [6.45, 7) is 2.93. The van der Waals surface area contributed by atoms with Gasteiger partial charge in [-0.05, 0) is 61.9 Å². The first-order valence-corrected chi connectivity index (χ1v) is 9.44. The Morgan fingerprint density at radius 3 is 2.30 bits per heavy atom. The number of aryl methyl sites for hydroxylation is 1. The zero-order valence-electron chi connectivity index (χ0n) is 14.9. The number of anilines is 1. The molecule has 144 valence electrons. The van der Waals surface area contributed by atoms with Crippen LogP contribution in [0.4, 0.5) is 10.1 Å². The molecular weight excluding hydrogens is 375 g/mol. The maximum absolute atomic E-state index is 13.2. The van der Waals surface area contributed by atoms with Crippen LogP contribution in [0.5, 0.6) is 0 Å². The van der Waals surface area contributed by atoms with Gasteiger partial charge in [-0.1, -0.05) is 0 Å². The summed E-state index contributed by atoms with van der Waals surface area (Å²) in [5.74, 6) is -1.68. The van der Waals surface area contributed by atoms with Crippen LogP contribution in [0.1, 0.15) is 22.8 Å². The largest absolute Gasteiger partial charge is 0.449 e. The summed E-state index contributed by atoms with van der Waals surface area (Å²) in [4.78, 5) is 23.3. The minimum atomic E-state index is -3.91. The number of nitrogens with one attached hydrogen (secondary N) is 2. The van der Waals surface area contributed by atoms with E-state index in [1.807, 2.05) is 0 Å². The molecule has 0 aliphatic heterocycles. The zero-order valence-corrected chi connectivity index (χ0v) is 15.8. The normalized spacial score (nSPS) is 12.1. The molecule has 2 aromatic rings. The van der Waals surface area contributed by atoms with Gasteiger partial charge >= 0.3 is 5.97 Å².